The van der Waals surface area contributed by atoms with Gasteiger partial charge in [-0.15, -0.1) is 0 Å². The van der Waals surface area contributed by atoms with E-state index in [1.54, 1.807) is 6.07 Å². The van der Waals surface area contributed by atoms with Gasteiger partial charge in [0.25, 0.3) is 0 Å². The third-order valence-electron chi connectivity index (χ3n) is 2.23. The number of hydrogen-bond acceptors (Lipinski definition) is 4. The molecule has 0 bridgehead atoms. The molecule has 0 radical (unpaired) electrons. The molecule has 0 aromatic heterocycles. The van der Waals surface area contributed by atoms with E-state index in [4.69, 9.17) is 5.73 Å². The Morgan fingerprint density at radius 3 is 2.88 bits per heavy atom. The molecule has 0 saturated carbocycles. The molecular weight excluding hydrogens is 243 g/mol. The Hall–Kier alpha value is -1.14. The molecular formula is C11H15FN2O2S. The molecule has 0 fully saturated rings. The van der Waals surface area contributed by atoms with Crippen molar-refractivity contribution in [3.63, 3.8) is 0 Å². The van der Waals surface area contributed by atoms with E-state index in [1.165, 1.54) is 23.9 Å². The summed E-state index contributed by atoms with van der Waals surface area (Å²) in [5.41, 5.74) is 5.50. The van der Waals surface area contributed by atoms with Crippen molar-refractivity contribution in [3.8, 4) is 0 Å². The van der Waals surface area contributed by atoms with E-state index in [9.17, 15) is 14.5 Å². The van der Waals surface area contributed by atoms with Crippen LogP contribution in [0.25, 0.3) is 0 Å². The Labute approximate surface area is 104 Å². The van der Waals surface area contributed by atoms with Crippen LogP contribution in [0.2, 0.25) is 0 Å². The molecule has 0 amide bonds. The van der Waals surface area contributed by atoms with Crippen molar-refractivity contribution in [1.82, 2.24) is 0 Å². The maximum Gasteiger partial charge on any atom is 0.305 e. The van der Waals surface area contributed by atoms with Crippen LogP contribution in [0.4, 0.5) is 10.1 Å². The van der Waals surface area contributed by atoms with Crippen LogP contribution in [0.5, 0.6) is 0 Å². The molecule has 0 aliphatic carbocycles. The largest absolute Gasteiger partial charge is 0.328 e. The van der Waals surface area contributed by atoms with Gasteiger partial charge >= 0.3 is 5.69 Å². The fraction of sp³-hybridized carbons (Fsp3) is 0.455. The molecule has 2 N–H and O–H groups in total. The number of rotatable bonds is 6. The molecule has 1 aromatic rings. The van der Waals surface area contributed by atoms with Crippen LogP contribution in [-0.4, -0.2) is 16.7 Å². The maximum atomic E-state index is 13.6. The van der Waals surface area contributed by atoms with Gasteiger partial charge in [0, 0.05) is 23.4 Å². The first-order chi connectivity index (χ1) is 8.02. The quantitative estimate of drug-likeness (QED) is 0.484. The molecule has 1 unspecified atom stereocenters. The summed E-state index contributed by atoms with van der Waals surface area (Å²) in [6, 6.07) is 4.37. The second-order valence-electron chi connectivity index (χ2n) is 3.83. The van der Waals surface area contributed by atoms with Crippen LogP contribution >= 0.6 is 11.8 Å². The normalized spacial score (nSPS) is 12.4. The highest BCUT2D eigenvalue weighted by Crippen LogP contribution is 2.23. The Morgan fingerprint density at radius 1 is 1.59 bits per heavy atom. The van der Waals surface area contributed by atoms with Gasteiger partial charge in [0.1, 0.15) is 0 Å². The number of halogens is 1. The number of nitro benzene ring substituents is 1. The molecule has 1 atom stereocenters. The van der Waals surface area contributed by atoms with Crippen LogP contribution in [0.1, 0.15) is 18.9 Å². The predicted molar refractivity (Wildman–Crippen MR) is 67.5 cm³/mol. The molecule has 94 valence electrons. The zero-order chi connectivity index (χ0) is 12.8. The summed E-state index contributed by atoms with van der Waals surface area (Å²) in [6.45, 7) is 1.91. The summed E-state index contributed by atoms with van der Waals surface area (Å²) in [5, 5.41) is 10.5. The SMILES string of the molecule is CC(N)CCSCc1cccc([N+](=O)[O-])c1F. The van der Waals surface area contributed by atoms with Gasteiger partial charge in [-0.25, -0.2) is 0 Å². The van der Waals surface area contributed by atoms with Crippen molar-refractivity contribution in [2.24, 2.45) is 5.73 Å². The van der Waals surface area contributed by atoms with Crippen molar-refractivity contribution in [2.75, 3.05) is 5.75 Å². The third-order valence-corrected chi connectivity index (χ3v) is 3.27. The summed E-state index contributed by atoms with van der Waals surface area (Å²) in [6.07, 6.45) is 0.848. The number of hydrogen-bond donors (Lipinski definition) is 1. The summed E-state index contributed by atoms with van der Waals surface area (Å²) in [4.78, 5) is 9.83. The average Bonchev–Trinajstić information content (AvgIpc) is 2.25. The van der Waals surface area contributed by atoms with Gasteiger partial charge in [-0.1, -0.05) is 12.1 Å². The molecule has 0 saturated heterocycles. The minimum absolute atomic E-state index is 0.123. The van der Waals surface area contributed by atoms with Crippen molar-refractivity contribution in [3.05, 3.63) is 39.7 Å². The Balaban J connectivity index is 2.59. The lowest BCUT2D eigenvalue weighted by molar-refractivity contribution is -0.387. The van der Waals surface area contributed by atoms with E-state index in [1.807, 2.05) is 6.92 Å². The molecule has 0 aliphatic rings. The molecule has 0 aliphatic heterocycles. The van der Waals surface area contributed by atoms with E-state index in [-0.39, 0.29) is 6.04 Å². The summed E-state index contributed by atoms with van der Waals surface area (Å²) < 4.78 is 13.6. The monoisotopic (exact) mass is 258 g/mol. The van der Waals surface area contributed by atoms with Crippen molar-refractivity contribution >= 4 is 17.4 Å². The van der Waals surface area contributed by atoms with Crippen molar-refractivity contribution < 1.29 is 9.31 Å². The third kappa shape index (κ3) is 4.32. The van der Waals surface area contributed by atoms with Gasteiger partial charge < -0.3 is 5.73 Å². The molecule has 4 nitrogen and oxygen atoms in total. The zero-order valence-corrected chi connectivity index (χ0v) is 10.4. The highest BCUT2D eigenvalue weighted by atomic mass is 32.2. The van der Waals surface area contributed by atoms with Gasteiger partial charge in [0.15, 0.2) is 0 Å². The minimum atomic E-state index is -0.731. The maximum absolute atomic E-state index is 13.6. The van der Waals surface area contributed by atoms with Gasteiger partial charge in [-0.05, 0) is 19.1 Å². The first-order valence-electron chi connectivity index (χ1n) is 5.27. The van der Waals surface area contributed by atoms with Gasteiger partial charge in [-0.2, -0.15) is 16.2 Å². The Morgan fingerprint density at radius 2 is 2.29 bits per heavy atom. The number of nitro groups is 1. The van der Waals surface area contributed by atoms with Crippen LogP contribution in [0.3, 0.4) is 0 Å². The molecule has 0 spiro atoms. The van der Waals surface area contributed by atoms with E-state index in [0.717, 1.165) is 12.2 Å². The lowest BCUT2D eigenvalue weighted by atomic mass is 10.2. The van der Waals surface area contributed by atoms with E-state index in [2.05, 4.69) is 0 Å². The smallest absolute Gasteiger partial charge is 0.305 e. The van der Waals surface area contributed by atoms with Crippen LogP contribution < -0.4 is 5.73 Å². The fourth-order valence-electron chi connectivity index (χ4n) is 1.27. The van der Waals surface area contributed by atoms with Gasteiger partial charge in [-0.3, -0.25) is 10.1 Å². The number of nitrogens with two attached hydrogens (primary N) is 1. The molecule has 6 heteroatoms. The zero-order valence-electron chi connectivity index (χ0n) is 9.56. The van der Waals surface area contributed by atoms with Crippen LogP contribution in [0, 0.1) is 15.9 Å². The second-order valence-corrected chi connectivity index (χ2v) is 4.93. The molecule has 1 aromatic carbocycles. The lowest BCUT2D eigenvalue weighted by Gasteiger charge is -2.05. The van der Waals surface area contributed by atoms with E-state index >= 15 is 0 Å². The molecule has 1 rings (SSSR count). The topological polar surface area (TPSA) is 69.2 Å². The van der Waals surface area contributed by atoms with Crippen LogP contribution in [0.15, 0.2) is 18.2 Å². The molecule has 0 heterocycles. The number of thioether (sulfide) groups is 1. The molecule has 17 heavy (non-hydrogen) atoms. The number of benzene rings is 1. The second kappa shape index (κ2) is 6.56. The first-order valence-corrected chi connectivity index (χ1v) is 6.43. The van der Waals surface area contributed by atoms with Gasteiger partial charge in [0.05, 0.1) is 4.92 Å². The summed E-state index contributed by atoms with van der Waals surface area (Å²) >= 11 is 1.53. The highest BCUT2D eigenvalue weighted by Gasteiger charge is 2.16. The lowest BCUT2D eigenvalue weighted by Crippen LogP contribution is -2.15. The van der Waals surface area contributed by atoms with Gasteiger partial charge in [0.2, 0.25) is 5.82 Å². The van der Waals surface area contributed by atoms with Crippen LogP contribution in [-0.2, 0) is 5.75 Å². The summed E-state index contributed by atoms with van der Waals surface area (Å²) in [7, 11) is 0. The average molecular weight is 258 g/mol. The number of nitrogens with zero attached hydrogens (tertiary/aromatic N) is 1. The first kappa shape index (κ1) is 13.9. The summed E-state index contributed by atoms with van der Waals surface area (Å²) in [5.74, 6) is 0.519. The Bertz CT molecular complexity index is 399. The predicted octanol–water partition coefficient (Wildman–Crippen LogP) is 2.70. The van der Waals surface area contributed by atoms with E-state index < -0.39 is 16.4 Å². The minimum Gasteiger partial charge on any atom is -0.328 e. The van der Waals surface area contributed by atoms with Crippen molar-refractivity contribution in [1.29, 1.82) is 0 Å². The Kier molecular flexibility index (Phi) is 5.37. The van der Waals surface area contributed by atoms with Crippen molar-refractivity contribution in [2.45, 2.75) is 25.1 Å². The van der Waals surface area contributed by atoms with E-state index in [0.29, 0.717) is 11.3 Å². The standard InChI is InChI=1S/C11H15FN2O2S/c1-8(13)5-6-17-7-9-3-2-4-10(11(9)12)14(15)16/h2-4,8H,5-7,13H2,1H3. The fourth-order valence-corrected chi connectivity index (χ4v) is 2.40. The highest BCUT2D eigenvalue weighted by molar-refractivity contribution is 7.98.